The number of nitrogens with zero attached hydrogens (tertiary/aromatic N) is 3. The van der Waals surface area contributed by atoms with E-state index in [1.54, 1.807) is 7.05 Å². The number of fused-ring (bicyclic) bond motifs is 1. The number of carbonyl (C=O) groups excluding carboxylic acids is 2. The lowest BCUT2D eigenvalue weighted by Crippen LogP contribution is -2.55. The Morgan fingerprint density at radius 2 is 1.82 bits per heavy atom. The number of hydrogen-bond donors (Lipinski definition) is 2. The van der Waals surface area contributed by atoms with Crippen LogP contribution >= 0.6 is 0 Å². The second kappa shape index (κ2) is 11.9. The van der Waals surface area contributed by atoms with Crippen LogP contribution in [0.5, 0.6) is 0 Å². The summed E-state index contributed by atoms with van der Waals surface area (Å²) in [5.41, 5.74) is 4.99. The minimum absolute atomic E-state index is 0.00130. The summed E-state index contributed by atoms with van der Waals surface area (Å²) in [6.07, 6.45) is 11.3. The summed E-state index contributed by atoms with van der Waals surface area (Å²) in [6.45, 7) is 6.70. The van der Waals surface area contributed by atoms with E-state index < -0.39 is 6.04 Å². The lowest BCUT2D eigenvalue weighted by Gasteiger charge is -2.35. The number of carbonyl (C=O) groups is 2. The van der Waals surface area contributed by atoms with Crippen LogP contribution in [0.2, 0.25) is 0 Å². The Kier molecular flexibility index (Phi) is 8.32. The second-order valence-corrected chi connectivity index (χ2v) is 11.3. The molecule has 1 saturated carbocycles. The number of likely N-dealkylation sites (N-methyl/N-ethyl adjacent to an activating group) is 2. The van der Waals surface area contributed by atoms with Crippen LogP contribution in [0.4, 0.5) is 5.69 Å². The summed E-state index contributed by atoms with van der Waals surface area (Å²) < 4.78 is 0. The van der Waals surface area contributed by atoms with E-state index in [4.69, 9.17) is 0 Å². The van der Waals surface area contributed by atoms with Gasteiger partial charge in [0, 0.05) is 43.6 Å². The van der Waals surface area contributed by atoms with Gasteiger partial charge in [0.1, 0.15) is 6.04 Å². The minimum Gasteiger partial charge on any atom is -0.371 e. The van der Waals surface area contributed by atoms with E-state index in [2.05, 4.69) is 57.8 Å². The molecule has 2 fully saturated rings. The highest BCUT2D eigenvalue weighted by atomic mass is 16.2. The van der Waals surface area contributed by atoms with Crippen molar-refractivity contribution in [1.29, 1.82) is 0 Å². The van der Waals surface area contributed by atoms with Gasteiger partial charge >= 0.3 is 0 Å². The number of para-hydroxylation sites is 1. The second-order valence-electron chi connectivity index (χ2n) is 11.3. The number of nitrogens with one attached hydrogen (secondary N) is 2. The Bertz CT molecular complexity index is 1130. The first kappa shape index (κ1) is 26.7. The topological polar surface area (TPSA) is 77.6 Å². The van der Waals surface area contributed by atoms with Gasteiger partial charge in [-0.05, 0) is 81.3 Å². The number of aromatic nitrogens is 1. The molecule has 2 N–H and O–H groups in total. The van der Waals surface area contributed by atoms with Crippen molar-refractivity contribution in [2.24, 2.45) is 5.92 Å². The Hall–Kier alpha value is -2.93. The highest BCUT2D eigenvalue weighted by Gasteiger charge is 2.39. The van der Waals surface area contributed by atoms with Crippen LogP contribution in [0.25, 0.3) is 0 Å². The normalized spacial score (nSPS) is 23.2. The quantitative estimate of drug-likeness (QED) is 0.543. The zero-order chi connectivity index (χ0) is 26.6. The van der Waals surface area contributed by atoms with E-state index in [-0.39, 0.29) is 35.7 Å². The molecular formula is C31H43N5O2. The Morgan fingerprint density at radius 3 is 2.58 bits per heavy atom. The number of hydrogen-bond acceptors (Lipinski definition) is 5. The molecule has 2 aromatic rings. The van der Waals surface area contributed by atoms with E-state index in [1.165, 1.54) is 23.2 Å². The first-order chi connectivity index (χ1) is 18.5. The third-order valence-corrected chi connectivity index (χ3v) is 9.05. The zero-order valence-corrected chi connectivity index (χ0v) is 23.2. The molecule has 7 nitrogen and oxygen atoms in total. The van der Waals surface area contributed by atoms with Crippen molar-refractivity contribution < 1.29 is 9.59 Å². The van der Waals surface area contributed by atoms with E-state index in [0.29, 0.717) is 0 Å². The molecule has 204 valence electrons. The largest absolute Gasteiger partial charge is 0.371 e. The Morgan fingerprint density at radius 1 is 1.05 bits per heavy atom. The first-order valence-corrected chi connectivity index (χ1v) is 14.6. The highest BCUT2D eigenvalue weighted by Crippen LogP contribution is 2.41. The Balaban J connectivity index is 1.39. The van der Waals surface area contributed by atoms with Crippen LogP contribution in [0.3, 0.4) is 0 Å². The van der Waals surface area contributed by atoms with Crippen molar-refractivity contribution in [3.05, 3.63) is 59.4 Å². The van der Waals surface area contributed by atoms with Gasteiger partial charge in [-0.1, -0.05) is 37.5 Å². The van der Waals surface area contributed by atoms with Crippen molar-refractivity contribution in [2.45, 2.75) is 82.8 Å². The van der Waals surface area contributed by atoms with E-state index in [9.17, 15) is 9.59 Å². The van der Waals surface area contributed by atoms with Gasteiger partial charge in [-0.3, -0.25) is 14.6 Å². The number of anilines is 1. The van der Waals surface area contributed by atoms with Gasteiger partial charge in [0.15, 0.2) is 0 Å². The highest BCUT2D eigenvalue weighted by molar-refractivity contribution is 5.90. The molecule has 1 saturated heterocycles. The lowest BCUT2D eigenvalue weighted by atomic mass is 9.83. The average Bonchev–Trinajstić information content (AvgIpc) is 3.61. The summed E-state index contributed by atoms with van der Waals surface area (Å²) in [5, 5.41) is 6.17. The van der Waals surface area contributed by atoms with E-state index >= 15 is 0 Å². The molecule has 3 heterocycles. The number of benzene rings is 1. The number of likely N-dealkylation sites (tertiary alicyclic amines) is 1. The molecule has 3 aliphatic rings. The van der Waals surface area contributed by atoms with Crippen molar-refractivity contribution in [2.75, 3.05) is 31.6 Å². The molecule has 0 spiro atoms. The lowest BCUT2D eigenvalue weighted by molar-refractivity contribution is -0.139. The van der Waals surface area contributed by atoms with Crippen molar-refractivity contribution in [3.8, 4) is 0 Å². The fraction of sp³-hybridized carbons (Fsp3) is 0.581. The van der Waals surface area contributed by atoms with Gasteiger partial charge in [0.25, 0.3) is 0 Å². The molecule has 38 heavy (non-hydrogen) atoms. The minimum atomic E-state index is -0.463. The van der Waals surface area contributed by atoms with E-state index in [1.807, 2.05) is 24.2 Å². The fourth-order valence-electron chi connectivity index (χ4n) is 6.73. The van der Waals surface area contributed by atoms with Gasteiger partial charge in [0.2, 0.25) is 11.8 Å². The smallest absolute Gasteiger partial charge is 0.245 e. The summed E-state index contributed by atoms with van der Waals surface area (Å²) in [4.78, 5) is 36.1. The predicted octanol–water partition coefficient (Wildman–Crippen LogP) is 4.39. The van der Waals surface area contributed by atoms with Crippen LogP contribution in [-0.4, -0.2) is 60.5 Å². The average molecular weight is 518 g/mol. The van der Waals surface area contributed by atoms with Gasteiger partial charge in [-0.2, -0.15) is 0 Å². The molecule has 0 bridgehead atoms. The van der Waals surface area contributed by atoms with Crippen molar-refractivity contribution in [1.82, 2.24) is 20.5 Å². The maximum absolute atomic E-state index is 14.1. The third kappa shape index (κ3) is 5.31. The van der Waals surface area contributed by atoms with Gasteiger partial charge in [-0.25, -0.2) is 0 Å². The summed E-state index contributed by atoms with van der Waals surface area (Å²) >= 11 is 0. The van der Waals surface area contributed by atoms with Crippen LogP contribution in [0.1, 0.15) is 87.4 Å². The van der Waals surface area contributed by atoms with Crippen molar-refractivity contribution in [3.63, 3.8) is 0 Å². The first-order valence-electron chi connectivity index (χ1n) is 14.6. The van der Waals surface area contributed by atoms with Gasteiger partial charge in [-0.15, -0.1) is 0 Å². The fourth-order valence-corrected chi connectivity index (χ4v) is 6.73. The Labute approximate surface area is 227 Å². The number of rotatable bonds is 8. The number of amides is 2. The molecule has 0 radical (unpaired) electrons. The molecule has 2 amide bonds. The molecule has 1 aromatic carbocycles. The maximum Gasteiger partial charge on any atom is 0.245 e. The molecule has 5 rings (SSSR count). The summed E-state index contributed by atoms with van der Waals surface area (Å²) in [7, 11) is 1.78. The SMILES string of the molecule is CCN1CC(c2cncc(C3CCCN3C(=O)C(NC(=O)C(C)NC)C3CCCCC3)c2)c2ccccc21. The monoisotopic (exact) mass is 517 g/mol. The van der Waals surface area contributed by atoms with Crippen molar-refractivity contribution >= 4 is 17.5 Å². The summed E-state index contributed by atoms with van der Waals surface area (Å²) in [5.74, 6) is 0.451. The zero-order valence-electron chi connectivity index (χ0n) is 23.2. The molecule has 4 atom stereocenters. The maximum atomic E-state index is 14.1. The standard InChI is InChI=1S/C31H43N5O2/c1-4-35-20-26(25-13-8-9-14-28(25)35)23-17-24(19-33-18-23)27-15-10-16-36(27)31(38)29(22-11-6-5-7-12-22)34-30(37)21(2)32-3/h8-9,13-14,17-19,21-22,26-27,29,32H,4-7,10-12,15-16,20H2,1-3H3,(H,34,37). The third-order valence-electron chi connectivity index (χ3n) is 9.05. The van der Waals surface area contributed by atoms with Crippen LogP contribution in [0, 0.1) is 5.92 Å². The summed E-state index contributed by atoms with van der Waals surface area (Å²) in [6, 6.07) is 10.2. The molecule has 1 aromatic heterocycles. The predicted molar refractivity (Wildman–Crippen MR) is 151 cm³/mol. The van der Waals surface area contributed by atoms with Gasteiger partial charge < -0.3 is 20.4 Å². The molecule has 7 heteroatoms. The van der Waals surface area contributed by atoms with Crippen LogP contribution in [0.15, 0.2) is 42.7 Å². The molecular weight excluding hydrogens is 474 g/mol. The molecule has 4 unspecified atom stereocenters. The van der Waals surface area contributed by atoms with Crippen LogP contribution in [-0.2, 0) is 9.59 Å². The van der Waals surface area contributed by atoms with Crippen LogP contribution < -0.4 is 15.5 Å². The number of pyridine rings is 1. The van der Waals surface area contributed by atoms with Gasteiger partial charge in [0.05, 0.1) is 12.1 Å². The van der Waals surface area contributed by atoms with E-state index in [0.717, 1.165) is 63.7 Å². The molecule has 1 aliphatic carbocycles. The molecule has 2 aliphatic heterocycles.